The summed E-state index contributed by atoms with van der Waals surface area (Å²) in [7, 11) is 1.32. The summed E-state index contributed by atoms with van der Waals surface area (Å²) in [6.45, 7) is 0. The molecule has 0 saturated carbocycles. The van der Waals surface area contributed by atoms with E-state index in [2.05, 4.69) is 10.4 Å². The van der Waals surface area contributed by atoms with Gasteiger partial charge in [0.2, 0.25) is 0 Å². The summed E-state index contributed by atoms with van der Waals surface area (Å²) in [6.07, 6.45) is 4.14. The maximum absolute atomic E-state index is 13.1. The van der Waals surface area contributed by atoms with Crippen molar-refractivity contribution in [1.29, 1.82) is 0 Å². The fourth-order valence-electron chi connectivity index (χ4n) is 2.93. The number of nitrogens with one attached hydrogen (secondary N) is 1. The Morgan fingerprint density at radius 3 is 2.38 bits per heavy atom. The van der Waals surface area contributed by atoms with Crippen molar-refractivity contribution in [2.24, 2.45) is 0 Å². The second kappa shape index (κ2) is 9.93. The normalized spacial score (nSPS) is 11.7. The number of amides is 1. The Balaban J connectivity index is 1.97. The summed E-state index contributed by atoms with van der Waals surface area (Å²) >= 11 is 1.61. The molecular formula is C22H23N3O3S. The van der Waals surface area contributed by atoms with Crippen molar-refractivity contribution in [2.75, 3.05) is 19.1 Å². The average Bonchev–Trinajstić information content (AvgIpc) is 3.23. The van der Waals surface area contributed by atoms with Crippen LogP contribution in [0.3, 0.4) is 0 Å². The number of methoxy groups -OCH3 is 1. The van der Waals surface area contributed by atoms with Gasteiger partial charge in [-0.25, -0.2) is 9.48 Å². The first-order valence-electron chi connectivity index (χ1n) is 9.22. The van der Waals surface area contributed by atoms with Gasteiger partial charge in [-0.1, -0.05) is 48.5 Å². The zero-order chi connectivity index (χ0) is 20.6. The quantitative estimate of drug-likeness (QED) is 0.576. The maximum Gasteiger partial charge on any atom is 0.328 e. The van der Waals surface area contributed by atoms with Crippen molar-refractivity contribution < 1.29 is 14.3 Å². The molecule has 29 heavy (non-hydrogen) atoms. The minimum atomic E-state index is -0.705. The lowest BCUT2D eigenvalue weighted by molar-refractivity contribution is -0.142. The van der Waals surface area contributed by atoms with E-state index in [0.29, 0.717) is 17.7 Å². The number of aromatic nitrogens is 2. The zero-order valence-electron chi connectivity index (χ0n) is 16.4. The average molecular weight is 410 g/mol. The Labute approximate surface area is 174 Å². The van der Waals surface area contributed by atoms with Crippen molar-refractivity contribution in [2.45, 2.75) is 12.5 Å². The van der Waals surface area contributed by atoms with Gasteiger partial charge in [0.05, 0.1) is 18.4 Å². The minimum Gasteiger partial charge on any atom is -0.467 e. The van der Waals surface area contributed by atoms with Gasteiger partial charge >= 0.3 is 5.97 Å². The van der Waals surface area contributed by atoms with Crippen LogP contribution in [0.2, 0.25) is 0 Å². The van der Waals surface area contributed by atoms with E-state index < -0.39 is 12.0 Å². The Kier molecular flexibility index (Phi) is 7.08. The third-order valence-corrected chi connectivity index (χ3v) is 5.07. The van der Waals surface area contributed by atoms with E-state index in [1.807, 2.05) is 66.9 Å². The number of hydrogen-bond acceptors (Lipinski definition) is 5. The van der Waals surface area contributed by atoms with E-state index >= 15 is 0 Å². The standard InChI is InChI=1S/C22H23N3O3S/c1-28-22(27)19(13-14-29-2)23-21(26)18-15-25(17-11-7-4-8-12-17)24-20(18)16-9-5-3-6-10-16/h3-12,15,19H,13-14H2,1-2H3,(H,23,26)/t19-/m1/s1. The number of carbonyl (C=O) groups is 2. The van der Waals surface area contributed by atoms with E-state index in [9.17, 15) is 9.59 Å². The molecule has 0 spiro atoms. The van der Waals surface area contributed by atoms with Crippen molar-refractivity contribution in [3.8, 4) is 16.9 Å². The molecule has 0 unspecified atom stereocenters. The van der Waals surface area contributed by atoms with Gasteiger partial charge in [0.15, 0.2) is 0 Å². The number of hydrogen-bond donors (Lipinski definition) is 1. The number of ether oxygens (including phenoxy) is 1. The number of carbonyl (C=O) groups excluding carboxylic acids is 2. The molecule has 0 saturated heterocycles. The largest absolute Gasteiger partial charge is 0.467 e. The van der Waals surface area contributed by atoms with Crippen LogP contribution in [-0.4, -0.2) is 46.8 Å². The molecule has 1 aromatic heterocycles. The topological polar surface area (TPSA) is 73.2 Å². The number of para-hydroxylation sites is 1. The highest BCUT2D eigenvalue weighted by Crippen LogP contribution is 2.24. The summed E-state index contributed by atoms with van der Waals surface area (Å²) in [5, 5.41) is 7.46. The van der Waals surface area contributed by atoms with E-state index in [-0.39, 0.29) is 5.91 Å². The summed E-state index contributed by atoms with van der Waals surface area (Å²) in [5.74, 6) is -0.0823. The number of benzene rings is 2. The Bertz CT molecular complexity index is 958. The third-order valence-electron chi connectivity index (χ3n) is 4.43. The molecule has 1 amide bonds. The number of thioether (sulfide) groups is 1. The molecule has 6 nitrogen and oxygen atoms in total. The summed E-state index contributed by atoms with van der Waals surface area (Å²) in [6, 6.07) is 18.4. The molecule has 0 bridgehead atoms. The molecule has 0 aliphatic carbocycles. The molecular weight excluding hydrogens is 386 g/mol. The first-order valence-corrected chi connectivity index (χ1v) is 10.6. The Hall–Kier alpha value is -3.06. The third kappa shape index (κ3) is 5.06. The highest BCUT2D eigenvalue weighted by atomic mass is 32.2. The van der Waals surface area contributed by atoms with Crippen LogP contribution in [0.1, 0.15) is 16.8 Å². The highest BCUT2D eigenvalue weighted by molar-refractivity contribution is 7.98. The van der Waals surface area contributed by atoms with Gasteiger partial charge in [-0.2, -0.15) is 16.9 Å². The number of rotatable bonds is 8. The zero-order valence-corrected chi connectivity index (χ0v) is 17.2. The van der Waals surface area contributed by atoms with Gasteiger partial charge < -0.3 is 10.1 Å². The number of esters is 1. The Morgan fingerprint density at radius 2 is 1.76 bits per heavy atom. The monoisotopic (exact) mass is 409 g/mol. The van der Waals surface area contributed by atoms with Crippen LogP contribution in [0.4, 0.5) is 0 Å². The molecule has 1 atom stereocenters. The lowest BCUT2D eigenvalue weighted by atomic mass is 10.1. The van der Waals surface area contributed by atoms with Crippen LogP contribution in [0, 0.1) is 0 Å². The Morgan fingerprint density at radius 1 is 1.10 bits per heavy atom. The maximum atomic E-state index is 13.1. The summed E-state index contributed by atoms with van der Waals surface area (Å²) < 4.78 is 6.52. The van der Waals surface area contributed by atoms with E-state index in [1.54, 1.807) is 22.6 Å². The fourth-order valence-corrected chi connectivity index (χ4v) is 3.40. The van der Waals surface area contributed by atoms with Gasteiger partial charge in [0, 0.05) is 11.8 Å². The van der Waals surface area contributed by atoms with Crippen LogP contribution in [0.15, 0.2) is 66.9 Å². The van der Waals surface area contributed by atoms with Gasteiger partial charge in [-0.05, 0) is 30.6 Å². The van der Waals surface area contributed by atoms with Gasteiger partial charge in [-0.3, -0.25) is 4.79 Å². The van der Waals surface area contributed by atoms with Crippen LogP contribution < -0.4 is 5.32 Å². The molecule has 1 heterocycles. The van der Waals surface area contributed by atoms with Crippen LogP contribution in [-0.2, 0) is 9.53 Å². The van der Waals surface area contributed by atoms with Gasteiger partial charge in [-0.15, -0.1) is 0 Å². The van der Waals surface area contributed by atoms with Crippen LogP contribution in [0.5, 0.6) is 0 Å². The van der Waals surface area contributed by atoms with Crippen molar-refractivity contribution in [3.63, 3.8) is 0 Å². The predicted octanol–water partition coefficient (Wildman–Crippen LogP) is 3.56. The molecule has 0 aliphatic heterocycles. The van der Waals surface area contributed by atoms with E-state index in [1.165, 1.54) is 7.11 Å². The fraction of sp³-hybridized carbons (Fsp3) is 0.227. The molecule has 0 radical (unpaired) electrons. The minimum absolute atomic E-state index is 0.359. The molecule has 1 N–H and O–H groups in total. The number of nitrogens with zero attached hydrogens (tertiary/aromatic N) is 2. The molecule has 7 heteroatoms. The molecule has 0 fully saturated rings. The second-order valence-corrected chi connectivity index (χ2v) is 7.35. The smallest absolute Gasteiger partial charge is 0.328 e. The van der Waals surface area contributed by atoms with Gasteiger partial charge in [0.1, 0.15) is 11.7 Å². The molecule has 0 aliphatic rings. The van der Waals surface area contributed by atoms with Crippen molar-refractivity contribution in [3.05, 3.63) is 72.4 Å². The lowest BCUT2D eigenvalue weighted by Gasteiger charge is -2.16. The second-order valence-electron chi connectivity index (χ2n) is 6.37. The van der Waals surface area contributed by atoms with E-state index in [4.69, 9.17) is 4.74 Å². The molecule has 2 aromatic carbocycles. The first kappa shape index (κ1) is 20.7. The molecule has 150 valence electrons. The highest BCUT2D eigenvalue weighted by Gasteiger charge is 2.25. The SMILES string of the molecule is COC(=O)[C@@H](CCSC)NC(=O)c1cn(-c2ccccc2)nc1-c1ccccc1. The summed E-state index contributed by atoms with van der Waals surface area (Å²) in [4.78, 5) is 25.2. The summed E-state index contributed by atoms with van der Waals surface area (Å²) in [5.41, 5.74) is 2.63. The van der Waals surface area contributed by atoms with Crippen molar-refractivity contribution >= 4 is 23.6 Å². The predicted molar refractivity (Wildman–Crippen MR) is 115 cm³/mol. The van der Waals surface area contributed by atoms with Crippen LogP contribution >= 0.6 is 11.8 Å². The van der Waals surface area contributed by atoms with Crippen LogP contribution in [0.25, 0.3) is 16.9 Å². The van der Waals surface area contributed by atoms with E-state index in [0.717, 1.165) is 17.0 Å². The first-order chi connectivity index (χ1) is 14.1. The van der Waals surface area contributed by atoms with Gasteiger partial charge in [0.25, 0.3) is 5.91 Å². The molecule has 3 rings (SSSR count). The molecule has 3 aromatic rings. The lowest BCUT2D eigenvalue weighted by Crippen LogP contribution is -2.42. The van der Waals surface area contributed by atoms with Crippen molar-refractivity contribution in [1.82, 2.24) is 15.1 Å².